The van der Waals surface area contributed by atoms with E-state index < -0.39 is 0 Å². The Morgan fingerprint density at radius 2 is 1.46 bits per heavy atom. The minimum atomic E-state index is -0.342. The first kappa shape index (κ1) is 34.2. The number of nitrogens with one attached hydrogen (secondary N) is 1. The molecule has 3 atom stereocenters. The van der Waals surface area contributed by atoms with Gasteiger partial charge in [-0.2, -0.15) is 0 Å². The average Bonchev–Trinajstić information content (AvgIpc) is 3.09. The topological polar surface area (TPSA) is 55.9 Å². The quantitative estimate of drug-likeness (QED) is 0.201. The molecule has 250 valence electrons. The standard InChI is InChI=1S/C40H44Cl2N4O2/c1-28-19-29(2)21-33(20-28)40(48)45-17-18-46(38(27-45)32-13-14-35(41)36(42)23-32)39(47)24-43-37-15-16-44(25-31-11-7-4-8-12-31)26-34(37)22-30-9-5-3-6-10-30/h3-14,19-21,23,34,37-38,43H,15-18,22,24-27H2,1-2H3. The Morgan fingerprint density at radius 3 is 2.15 bits per heavy atom. The molecule has 2 saturated heterocycles. The summed E-state index contributed by atoms with van der Waals surface area (Å²) in [6, 6.07) is 32.6. The van der Waals surface area contributed by atoms with Crippen molar-refractivity contribution in [2.75, 3.05) is 39.3 Å². The molecule has 0 radical (unpaired) electrons. The monoisotopic (exact) mass is 682 g/mol. The number of aryl methyl sites for hydroxylation is 2. The van der Waals surface area contributed by atoms with Crippen LogP contribution in [0, 0.1) is 19.8 Å². The minimum Gasteiger partial charge on any atom is -0.334 e. The predicted octanol–water partition coefficient (Wildman–Crippen LogP) is 7.36. The van der Waals surface area contributed by atoms with Gasteiger partial charge in [-0.1, -0.05) is 107 Å². The van der Waals surface area contributed by atoms with Crippen molar-refractivity contribution in [2.24, 2.45) is 5.92 Å². The van der Waals surface area contributed by atoms with Crippen molar-refractivity contribution >= 4 is 35.0 Å². The summed E-state index contributed by atoms with van der Waals surface area (Å²) in [5.41, 5.74) is 6.27. The van der Waals surface area contributed by atoms with E-state index in [9.17, 15) is 9.59 Å². The van der Waals surface area contributed by atoms with E-state index in [1.165, 1.54) is 11.1 Å². The largest absolute Gasteiger partial charge is 0.334 e. The maximum atomic E-state index is 14.1. The molecule has 2 fully saturated rings. The van der Waals surface area contributed by atoms with E-state index in [2.05, 4.69) is 76.9 Å². The molecule has 2 aliphatic heterocycles. The number of amides is 2. The molecular weight excluding hydrogens is 639 g/mol. The van der Waals surface area contributed by atoms with Crippen molar-refractivity contribution in [2.45, 2.75) is 45.3 Å². The Bertz CT molecular complexity index is 1700. The molecule has 1 N–H and O–H groups in total. The molecule has 4 aromatic carbocycles. The third kappa shape index (κ3) is 8.48. The zero-order chi connectivity index (χ0) is 33.6. The number of carbonyl (C=O) groups excluding carboxylic acids is 2. The maximum absolute atomic E-state index is 14.1. The molecule has 4 aromatic rings. The van der Waals surface area contributed by atoms with Crippen LogP contribution in [0.5, 0.6) is 0 Å². The first-order valence-electron chi connectivity index (χ1n) is 16.9. The number of hydrogen-bond donors (Lipinski definition) is 1. The minimum absolute atomic E-state index is 0.0229. The highest BCUT2D eigenvalue weighted by Crippen LogP contribution is 2.32. The Hall–Kier alpha value is -3.68. The van der Waals surface area contributed by atoms with E-state index in [0.717, 1.165) is 49.2 Å². The summed E-state index contributed by atoms with van der Waals surface area (Å²) in [5.74, 6) is 0.355. The molecule has 6 nitrogen and oxygen atoms in total. The highest BCUT2D eigenvalue weighted by Gasteiger charge is 2.35. The number of halogens is 2. The molecule has 2 amide bonds. The van der Waals surface area contributed by atoms with E-state index in [4.69, 9.17) is 23.2 Å². The summed E-state index contributed by atoms with van der Waals surface area (Å²) < 4.78 is 0. The van der Waals surface area contributed by atoms with E-state index in [1.807, 2.05) is 47.9 Å². The zero-order valence-electron chi connectivity index (χ0n) is 27.7. The van der Waals surface area contributed by atoms with E-state index in [1.54, 1.807) is 6.07 Å². The van der Waals surface area contributed by atoms with Crippen LogP contribution in [0.3, 0.4) is 0 Å². The highest BCUT2D eigenvalue weighted by atomic mass is 35.5. The Kier molecular flexibility index (Phi) is 11.2. The van der Waals surface area contributed by atoms with Gasteiger partial charge < -0.3 is 15.1 Å². The molecule has 0 aliphatic carbocycles. The fourth-order valence-corrected chi connectivity index (χ4v) is 7.66. The van der Waals surface area contributed by atoms with Crippen LogP contribution in [0.2, 0.25) is 10.0 Å². The molecular formula is C40H44Cl2N4O2. The van der Waals surface area contributed by atoms with Gasteiger partial charge in [0.25, 0.3) is 5.91 Å². The summed E-state index contributed by atoms with van der Waals surface area (Å²) >= 11 is 12.7. The molecule has 2 aliphatic rings. The molecule has 0 saturated carbocycles. The van der Waals surface area contributed by atoms with Crippen LogP contribution in [0.4, 0.5) is 0 Å². The van der Waals surface area contributed by atoms with E-state index in [-0.39, 0.29) is 30.4 Å². The smallest absolute Gasteiger partial charge is 0.254 e. The average molecular weight is 684 g/mol. The summed E-state index contributed by atoms with van der Waals surface area (Å²) in [6.07, 6.45) is 1.91. The van der Waals surface area contributed by atoms with Gasteiger partial charge in [0.1, 0.15) is 0 Å². The van der Waals surface area contributed by atoms with Crippen LogP contribution < -0.4 is 5.32 Å². The van der Waals surface area contributed by atoms with Crippen LogP contribution >= 0.6 is 23.2 Å². The first-order chi connectivity index (χ1) is 23.2. The molecule has 48 heavy (non-hydrogen) atoms. The summed E-state index contributed by atoms with van der Waals surface area (Å²) in [4.78, 5) is 34.1. The third-order valence-electron chi connectivity index (χ3n) is 9.71. The second-order valence-corrected chi connectivity index (χ2v) is 14.2. The second kappa shape index (κ2) is 15.7. The molecule has 3 unspecified atom stereocenters. The molecule has 0 spiro atoms. The highest BCUT2D eigenvalue weighted by molar-refractivity contribution is 6.42. The Morgan fingerprint density at radius 1 is 0.771 bits per heavy atom. The van der Waals surface area contributed by atoms with Crippen molar-refractivity contribution in [3.63, 3.8) is 0 Å². The lowest BCUT2D eigenvalue weighted by Crippen LogP contribution is -2.56. The lowest BCUT2D eigenvalue weighted by Gasteiger charge is -2.43. The fraction of sp³-hybridized carbons (Fsp3) is 0.350. The molecule has 6 rings (SSSR count). The second-order valence-electron chi connectivity index (χ2n) is 13.4. The van der Waals surface area contributed by atoms with Crippen molar-refractivity contribution in [1.29, 1.82) is 0 Å². The number of piperazine rings is 1. The number of benzene rings is 4. The molecule has 0 bridgehead atoms. The van der Waals surface area contributed by atoms with Crippen LogP contribution in [-0.2, 0) is 17.8 Å². The number of piperidine rings is 1. The number of nitrogens with zero attached hydrogens (tertiary/aromatic N) is 3. The molecule has 0 aromatic heterocycles. The first-order valence-corrected chi connectivity index (χ1v) is 17.6. The number of likely N-dealkylation sites (tertiary alicyclic amines) is 1. The van der Waals surface area contributed by atoms with Gasteiger partial charge in [-0.05, 0) is 80.1 Å². The van der Waals surface area contributed by atoms with Crippen molar-refractivity contribution in [3.8, 4) is 0 Å². The lowest BCUT2D eigenvalue weighted by molar-refractivity contribution is -0.135. The van der Waals surface area contributed by atoms with Gasteiger partial charge in [0.2, 0.25) is 5.91 Å². The summed E-state index contributed by atoms with van der Waals surface area (Å²) in [5, 5.41) is 4.59. The maximum Gasteiger partial charge on any atom is 0.254 e. The number of carbonyl (C=O) groups is 2. The number of hydrogen-bond acceptors (Lipinski definition) is 4. The number of rotatable bonds is 9. The van der Waals surface area contributed by atoms with Crippen LogP contribution in [-0.4, -0.2) is 71.8 Å². The van der Waals surface area contributed by atoms with Gasteiger partial charge in [0.15, 0.2) is 0 Å². The van der Waals surface area contributed by atoms with Crippen molar-refractivity contribution in [3.05, 3.63) is 140 Å². The van der Waals surface area contributed by atoms with Gasteiger partial charge in [0, 0.05) is 44.3 Å². The third-order valence-corrected chi connectivity index (χ3v) is 10.4. The predicted molar refractivity (Wildman–Crippen MR) is 194 cm³/mol. The molecule has 2 heterocycles. The Balaban J connectivity index is 1.17. The SMILES string of the molecule is Cc1cc(C)cc(C(=O)N2CCN(C(=O)CNC3CCN(Cc4ccccc4)CC3Cc3ccccc3)C(c3ccc(Cl)c(Cl)c3)C2)c1. The van der Waals surface area contributed by atoms with Crippen molar-refractivity contribution < 1.29 is 9.59 Å². The van der Waals surface area contributed by atoms with Gasteiger partial charge >= 0.3 is 0 Å². The van der Waals surface area contributed by atoms with Gasteiger partial charge in [-0.15, -0.1) is 0 Å². The van der Waals surface area contributed by atoms with E-state index >= 15 is 0 Å². The normalized spacial score (nSPS) is 20.1. The molecule has 8 heteroatoms. The fourth-order valence-electron chi connectivity index (χ4n) is 7.36. The van der Waals surface area contributed by atoms with Crippen LogP contribution in [0.15, 0.2) is 97.1 Å². The lowest BCUT2D eigenvalue weighted by atomic mass is 9.86. The summed E-state index contributed by atoms with van der Waals surface area (Å²) in [6.45, 7) is 8.37. The van der Waals surface area contributed by atoms with Gasteiger partial charge in [-0.3, -0.25) is 14.5 Å². The summed E-state index contributed by atoms with van der Waals surface area (Å²) in [7, 11) is 0. The Labute approximate surface area is 294 Å². The zero-order valence-corrected chi connectivity index (χ0v) is 29.3. The van der Waals surface area contributed by atoms with Gasteiger partial charge in [0.05, 0.1) is 22.6 Å². The van der Waals surface area contributed by atoms with Crippen LogP contribution in [0.25, 0.3) is 0 Å². The van der Waals surface area contributed by atoms with Gasteiger partial charge in [-0.25, -0.2) is 0 Å². The van der Waals surface area contributed by atoms with Crippen molar-refractivity contribution in [1.82, 2.24) is 20.0 Å². The van der Waals surface area contributed by atoms with E-state index in [0.29, 0.717) is 41.2 Å². The van der Waals surface area contributed by atoms with Crippen LogP contribution in [0.1, 0.15) is 50.6 Å².